The molecule has 0 bridgehead atoms. The van der Waals surface area contributed by atoms with E-state index < -0.39 is 0 Å². The maximum atomic E-state index is 11.4. The number of unbranched alkanes of at least 4 members (excludes halogenated alkanes) is 8. The largest absolute Gasteiger partial charge is 0.295 e. The van der Waals surface area contributed by atoms with Crippen LogP contribution in [-0.4, -0.2) is 5.78 Å². The molecule has 1 aliphatic carbocycles. The molecule has 0 heterocycles. The van der Waals surface area contributed by atoms with Crippen molar-refractivity contribution in [3.05, 3.63) is 11.6 Å². The fourth-order valence-electron chi connectivity index (χ4n) is 2.51. The Morgan fingerprint density at radius 2 is 1.59 bits per heavy atom. The Bertz CT molecular complexity index is 240. The Morgan fingerprint density at radius 1 is 0.941 bits per heavy atom. The molecule has 0 aromatic carbocycles. The summed E-state index contributed by atoms with van der Waals surface area (Å²) in [4.78, 5) is 11.4. The van der Waals surface area contributed by atoms with Crippen LogP contribution in [0.2, 0.25) is 0 Å². The first-order valence-electron chi connectivity index (χ1n) is 7.57. The quantitative estimate of drug-likeness (QED) is 0.397. The number of rotatable bonds is 9. The first-order chi connectivity index (χ1) is 8.34. The molecule has 0 N–H and O–H groups in total. The third-order valence-electron chi connectivity index (χ3n) is 3.66. The first-order valence-corrected chi connectivity index (χ1v) is 7.57. The summed E-state index contributed by atoms with van der Waals surface area (Å²) in [5.41, 5.74) is 1.12. The van der Waals surface area contributed by atoms with Crippen LogP contribution in [0, 0.1) is 0 Å². The average Bonchev–Trinajstić information content (AvgIpc) is 2.73. The van der Waals surface area contributed by atoms with Crippen molar-refractivity contribution < 1.29 is 4.79 Å². The van der Waals surface area contributed by atoms with Gasteiger partial charge in [0.15, 0.2) is 5.78 Å². The van der Waals surface area contributed by atoms with E-state index in [-0.39, 0.29) is 0 Å². The number of hydrogen-bond donors (Lipinski definition) is 0. The van der Waals surface area contributed by atoms with Crippen molar-refractivity contribution in [2.75, 3.05) is 0 Å². The second-order valence-corrected chi connectivity index (χ2v) is 5.27. The van der Waals surface area contributed by atoms with Gasteiger partial charge in [-0.1, -0.05) is 57.9 Å². The minimum Gasteiger partial charge on any atom is -0.295 e. The molecular weight excluding hydrogens is 208 g/mol. The average molecular weight is 236 g/mol. The SMILES string of the molecule is CCCCCCCCCCC=C1CCCC1=O. The van der Waals surface area contributed by atoms with E-state index in [9.17, 15) is 4.79 Å². The Morgan fingerprint density at radius 3 is 2.18 bits per heavy atom. The van der Waals surface area contributed by atoms with Crippen molar-refractivity contribution >= 4 is 5.78 Å². The molecule has 1 aliphatic rings. The van der Waals surface area contributed by atoms with Crippen molar-refractivity contribution in [2.45, 2.75) is 84.0 Å². The molecule has 0 aromatic heterocycles. The Balaban J connectivity index is 1.89. The van der Waals surface area contributed by atoms with E-state index in [4.69, 9.17) is 0 Å². The Labute approximate surface area is 107 Å². The van der Waals surface area contributed by atoms with Crippen LogP contribution in [0.25, 0.3) is 0 Å². The lowest BCUT2D eigenvalue weighted by atomic mass is 10.1. The summed E-state index contributed by atoms with van der Waals surface area (Å²) in [7, 11) is 0. The second-order valence-electron chi connectivity index (χ2n) is 5.27. The Kier molecular flexibility index (Phi) is 8.04. The summed E-state index contributed by atoms with van der Waals surface area (Å²) in [6, 6.07) is 0. The molecular formula is C16H28O. The summed E-state index contributed by atoms with van der Waals surface area (Å²) >= 11 is 0. The van der Waals surface area contributed by atoms with Crippen LogP contribution in [0.1, 0.15) is 84.0 Å². The highest BCUT2D eigenvalue weighted by atomic mass is 16.1. The van der Waals surface area contributed by atoms with Crippen LogP contribution in [0.5, 0.6) is 0 Å². The van der Waals surface area contributed by atoms with Crippen LogP contribution in [-0.2, 0) is 4.79 Å². The van der Waals surface area contributed by atoms with Gasteiger partial charge in [-0.25, -0.2) is 0 Å². The minimum atomic E-state index is 0.407. The van der Waals surface area contributed by atoms with Crippen molar-refractivity contribution in [1.82, 2.24) is 0 Å². The van der Waals surface area contributed by atoms with E-state index in [1.807, 2.05) is 0 Å². The van der Waals surface area contributed by atoms with E-state index in [0.717, 1.165) is 31.3 Å². The van der Waals surface area contributed by atoms with E-state index in [0.29, 0.717) is 5.78 Å². The third kappa shape index (κ3) is 6.65. The van der Waals surface area contributed by atoms with Gasteiger partial charge in [0, 0.05) is 6.42 Å². The van der Waals surface area contributed by atoms with Gasteiger partial charge in [0.05, 0.1) is 0 Å². The summed E-state index contributed by atoms with van der Waals surface area (Å²) in [6.45, 7) is 2.26. The van der Waals surface area contributed by atoms with Crippen LogP contribution in [0.3, 0.4) is 0 Å². The molecule has 0 atom stereocenters. The molecule has 0 amide bonds. The Hall–Kier alpha value is -0.590. The lowest BCUT2D eigenvalue weighted by molar-refractivity contribution is -0.114. The maximum Gasteiger partial charge on any atom is 0.158 e. The molecule has 0 unspecified atom stereocenters. The summed E-state index contributed by atoms with van der Waals surface area (Å²) in [5.74, 6) is 0.407. The predicted octanol–water partition coefficient (Wildman–Crippen LogP) is 5.20. The molecule has 0 saturated heterocycles. The molecule has 0 aliphatic heterocycles. The number of hydrogen-bond acceptors (Lipinski definition) is 1. The molecule has 1 fully saturated rings. The van der Waals surface area contributed by atoms with Gasteiger partial charge in [0.1, 0.15) is 0 Å². The second kappa shape index (κ2) is 9.44. The zero-order valence-electron chi connectivity index (χ0n) is 11.5. The van der Waals surface area contributed by atoms with Gasteiger partial charge in [0.2, 0.25) is 0 Å². The van der Waals surface area contributed by atoms with E-state index >= 15 is 0 Å². The van der Waals surface area contributed by atoms with Crippen molar-refractivity contribution in [1.29, 1.82) is 0 Å². The molecule has 1 rings (SSSR count). The van der Waals surface area contributed by atoms with Gasteiger partial charge in [-0.15, -0.1) is 0 Å². The fourth-order valence-corrected chi connectivity index (χ4v) is 2.51. The van der Waals surface area contributed by atoms with E-state index in [1.54, 1.807) is 0 Å². The highest BCUT2D eigenvalue weighted by Gasteiger charge is 2.15. The highest BCUT2D eigenvalue weighted by molar-refractivity contribution is 5.97. The van der Waals surface area contributed by atoms with Crippen molar-refractivity contribution in [3.63, 3.8) is 0 Å². The summed E-state index contributed by atoms with van der Waals surface area (Å²) in [5, 5.41) is 0. The molecule has 17 heavy (non-hydrogen) atoms. The standard InChI is InChI=1S/C16H28O/c1-2-3-4-5-6-7-8-9-10-12-15-13-11-14-16(15)17/h12H,2-11,13-14H2,1H3. The molecule has 1 saturated carbocycles. The molecule has 98 valence electrons. The van der Waals surface area contributed by atoms with Crippen LogP contribution in [0.15, 0.2) is 11.6 Å². The predicted molar refractivity (Wildman–Crippen MR) is 74.2 cm³/mol. The first kappa shape index (κ1) is 14.5. The van der Waals surface area contributed by atoms with Crippen LogP contribution < -0.4 is 0 Å². The zero-order valence-corrected chi connectivity index (χ0v) is 11.5. The van der Waals surface area contributed by atoms with Crippen LogP contribution in [0.4, 0.5) is 0 Å². The van der Waals surface area contributed by atoms with Gasteiger partial charge < -0.3 is 0 Å². The van der Waals surface area contributed by atoms with Gasteiger partial charge in [-0.3, -0.25) is 4.79 Å². The van der Waals surface area contributed by atoms with E-state index in [2.05, 4.69) is 13.0 Å². The highest BCUT2D eigenvalue weighted by Crippen LogP contribution is 2.21. The molecule has 1 nitrogen and oxygen atoms in total. The normalized spacial score (nSPS) is 18.2. The molecule has 1 heteroatoms. The van der Waals surface area contributed by atoms with Gasteiger partial charge in [0.25, 0.3) is 0 Å². The summed E-state index contributed by atoms with van der Waals surface area (Å²) < 4.78 is 0. The number of carbonyl (C=O) groups excluding carboxylic acids is 1. The number of Topliss-reactive ketones (excluding diaryl/α,β-unsaturated/α-hetero) is 1. The zero-order chi connectivity index (χ0) is 12.3. The molecule has 0 aromatic rings. The number of carbonyl (C=O) groups is 1. The fraction of sp³-hybridized carbons (Fsp3) is 0.812. The molecule has 0 radical (unpaired) electrons. The van der Waals surface area contributed by atoms with Gasteiger partial charge in [-0.2, -0.15) is 0 Å². The monoisotopic (exact) mass is 236 g/mol. The smallest absolute Gasteiger partial charge is 0.158 e. The number of ketones is 1. The van der Waals surface area contributed by atoms with Gasteiger partial charge >= 0.3 is 0 Å². The minimum absolute atomic E-state index is 0.407. The van der Waals surface area contributed by atoms with Crippen molar-refractivity contribution in [2.24, 2.45) is 0 Å². The van der Waals surface area contributed by atoms with Crippen molar-refractivity contribution in [3.8, 4) is 0 Å². The lowest BCUT2D eigenvalue weighted by Crippen LogP contribution is -1.91. The van der Waals surface area contributed by atoms with Gasteiger partial charge in [-0.05, 0) is 31.3 Å². The number of allylic oxidation sites excluding steroid dienone is 2. The molecule has 0 spiro atoms. The lowest BCUT2D eigenvalue weighted by Gasteiger charge is -2.00. The maximum absolute atomic E-state index is 11.4. The van der Waals surface area contributed by atoms with Crippen LogP contribution >= 0.6 is 0 Å². The van der Waals surface area contributed by atoms with E-state index in [1.165, 1.54) is 51.4 Å². The summed E-state index contributed by atoms with van der Waals surface area (Å²) in [6.07, 6.45) is 17.2. The topological polar surface area (TPSA) is 17.1 Å². The third-order valence-corrected chi connectivity index (χ3v) is 3.66.